The van der Waals surface area contributed by atoms with E-state index in [-0.39, 0.29) is 17.6 Å². The van der Waals surface area contributed by atoms with Crippen LogP contribution < -0.4 is 4.90 Å². The maximum Gasteiger partial charge on any atom is 0.240 e. The Bertz CT molecular complexity index is 1330. The summed E-state index contributed by atoms with van der Waals surface area (Å²) < 4.78 is 0. The SMILES string of the molecule is O=C(c1ccccc1)[C@@H]1[C@@H]2C(=O)N(c3cccc4ccccc34)C(=O)[C@@H]2C2C=CC=NN21. The fourth-order valence-corrected chi connectivity index (χ4v) is 5.25. The third kappa shape index (κ3) is 2.52. The second-order valence-electron chi connectivity index (χ2n) is 8.26. The third-order valence-electron chi connectivity index (χ3n) is 6.63. The van der Waals surface area contributed by atoms with E-state index in [0.717, 1.165) is 10.8 Å². The number of carbonyl (C=O) groups is 3. The van der Waals surface area contributed by atoms with Gasteiger partial charge in [0.2, 0.25) is 11.8 Å². The minimum Gasteiger partial charge on any atom is -0.292 e. The van der Waals surface area contributed by atoms with Crippen molar-refractivity contribution >= 4 is 40.3 Å². The molecule has 0 saturated carbocycles. The second-order valence-corrected chi connectivity index (χ2v) is 8.26. The molecule has 2 saturated heterocycles. The lowest BCUT2D eigenvalue weighted by atomic mass is 9.86. The van der Waals surface area contributed by atoms with Gasteiger partial charge in [-0.15, -0.1) is 0 Å². The first kappa shape index (κ1) is 18.7. The molecular weight excluding hydrogens is 402 g/mol. The molecule has 3 aromatic rings. The zero-order chi connectivity index (χ0) is 21.8. The maximum absolute atomic E-state index is 13.8. The fraction of sp³-hybridized carbons (Fsp3) is 0.154. The lowest BCUT2D eigenvalue weighted by Crippen LogP contribution is -2.46. The molecule has 3 aliphatic heterocycles. The number of allylic oxidation sites excluding steroid dienone is 1. The largest absolute Gasteiger partial charge is 0.292 e. The Morgan fingerprint density at radius 1 is 0.812 bits per heavy atom. The number of carbonyl (C=O) groups excluding carboxylic acids is 3. The zero-order valence-corrected chi connectivity index (χ0v) is 17.0. The average Bonchev–Trinajstić information content (AvgIpc) is 3.31. The molecule has 32 heavy (non-hydrogen) atoms. The van der Waals surface area contributed by atoms with Gasteiger partial charge >= 0.3 is 0 Å². The molecule has 6 nitrogen and oxygen atoms in total. The Morgan fingerprint density at radius 2 is 1.53 bits per heavy atom. The number of amides is 2. The predicted molar refractivity (Wildman–Crippen MR) is 121 cm³/mol. The molecule has 3 heterocycles. The highest BCUT2D eigenvalue weighted by atomic mass is 16.2. The van der Waals surface area contributed by atoms with Crippen molar-refractivity contribution in [2.24, 2.45) is 16.9 Å². The van der Waals surface area contributed by atoms with E-state index < -0.39 is 23.9 Å². The number of benzene rings is 3. The summed E-state index contributed by atoms with van der Waals surface area (Å²) in [4.78, 5) is 42.3. The Kier molecular flexibility index (Phi) is 4.08. The molecule has 2 amide bonds. The first-order valence-electron chi connectivity index (χ1n) is 10.6. The standard InChI is InChI=1S/C26H19N3O3/c30-24(17-9-2-1-3-10-17)23-22-21(20-14-7-15-27-29(20)23)25(31)28(26(22)32)19-13-6-11-16-8-4-5-12-18(16)19/h1-15,20-23H/t20?,21-,22-,23+/m1/s1. The number of nitrogens with zero attached hydrogens (tertiary/aromatic N) is 3. The Hall–Kier alpha value is -4.06. The molecule has 4 atom stereocenters. The summed E-state index contributed by atoms with van der Waals surface area (Å²) in [5.41, 5.74) is 1.07. The molecule has 0 radical (unpaired) electrons. The summed E-state index contributed by atoms with van der Waals surface area (Å²) in [6.07, 6.45) is 5.23. The van der Waals surface area contributed by atoms with Crippen LogP contribution in [0.4, 0.5) is 5.69 Å². The van der Waals surface area contributed by atoms with Crippen molar-refractivity contribution in [3.05, 3.63) is 90.5 Å². The van der Waals surface area contributed by atoms with E-state index in [4.69, 9.17) is 0 Å². The molecule has 0 aromatic heterocycles. The number of rotatable bonds is 3. The number of ketones is 1. The number of hydrogen-bond acceptors (Lipinski definition) is 5. The lowest BCUT2D eigenvalue weighted by Gasteiger charge is -2.30. The number of hydrazone groups is 1. The van der Waals surface area contributed by atoms with E-state index in [0.29, 0.717) is 11.3 Å². The Balaban J connectivity index is 1.48. The van der Waals surface area contributed by atoms with Gasteiger partial charge in [0.15, 0.2) is 5.78 Å². The smallest absolute Gasteiger partial charge is 0.240 e. The number of hydrogen-bond donors (Lipinski definition) is 0. The van der Waals surface area contributed by atoms with Gasteiger partial charge in [-0.25, -0.2) is 4.90 Å². The van der Waals surface area contributed by atoms with E-state index in [2.05, 4.69) is 5.10 Å². The lowest BCUT2D eigenvalue weighted by molar-refractivity contribution is -0.123. The predicted octanol–water partition coefficient (Wildman–Crippen LogP) is 3.44. The molecule has 3 aromatic carbocycles. The Morgan fingerprint density at radius 3 is 2.38 bits per heavy atom. The van der Waals surface area contributed by atoms with Crippen LogP contribution in [0.5, 0.6) is 0 Å². The fourth-order valence-electron chi connectivity index (χ4n) is 5.25. The molecule has 1 unspecified atom stereocenters. The van der Waals surface area contributed by atoms with Gasteiger partial charge in [0.05, 0.1) is 23.6 Å². The van der Waals surface area contributed by atoms with Crippen LogP contribution in [0.3, 0.4) is 0 Å². The van der Waals surface area contributed by atoms with E-state index in [9.17, 15) is 14.4 Å². The highest BCUT2D eigenvalue weighted by Gasteiger charge is 2.64. The summed E-state index contributed by atoms with van der Waals surface area (Å²) >= 11 is 0. The van der Waals surface area contributed by atoms with Gasteiger partial charge in [-0.3, -0.25) is 19.4 Å². The van der Waals surface area contributed by atoms with Gasteiger partial charge in [-0.05, 0) is 17.5 Å². The summed E-state index contributed by atoms with van der Waals surface area (Å²) in [6, 6.07) is 20.9. The second kappa shape index (κ2) is 6.99. The molecule has 0 N–H and O–H groups in total. The van der Waals surface area contributed by atoms with Crippen molar-refractivity contribution in [3.8, 4) is 0 Å². The third-order valence-corrected chi connectivity index (χ3v) is 6.63. The molecular formula is C26H19N3O3. The molecule has 6 rings (SSSR count). The van der Waals surface area contributed by atoms with E-state index in [1.165, 1.54) is 4.90 Å². The summed E-state index contributed by atoms with van der Waals surface area (Å²) in [6.45, 7) is 0. The van der Waals surface area contributed by atoms with E-state index in [1.54, 1.807) is 47.6 Å². The van der Waals surface area contributed by atoms with E-state index >= 15 is 0 Å². The van der Waals surface area contributed by atoms with E-state index in [1.807, 2.05) is 48.5 Å². The first-order valence-corrected chi connectivity index (χ1v) is 10.6. The molecule has 3 aliphatic rings. The first-order chi connectivity index (χ1) is 15.7. The van der Waals surface area contributed by atoms with Crippen molar-refractivity contribution in [2.75, 3.05) is 4.90 Å². The van der Waals surface area contributed by atoms with Crippen LogP contribution in [0.25, 0.3) is 10.8 Å². The number of fused-ring (bicyclic) bond motifs is 4. The molecule has 156 valence electrons. The van der Waals surface area contributed by atoms with Crippen molar-refractivity contribution in [1.82, 2.24) is 5.01 Å². The number of imide groups is 1. The van der Waals surface area contributed by atoms with Crippen LogP contribution in [-0.2, 0) is 9.59 Å². The minimum absolute atomic E-state index is 0.198. The number of Topliss-reactive ketones (excluding diaryl/α,β-unsaturated/α-hetero) is 1. The minimum atomic E-state index is -0.829. The van der Waals surface area contributed by atoms with Gasteiger partial charge in [0.1, 0.15) is 6.04 Å². The summed E-state index contributed by atoms with van der Waals surface area (Å²) in [7, 11) is 0. The van der Waals surface area contributed by atoms with Crippen LogP contribution in [0.1, 0.15) is 10.4 Å². The monoisotopic (exact) mass is 421 g/mol. The van der Waals surface area contributed by atoms with Gasteiger partial charge in [0, 0.05) is 17.2 Å². The van der Waals surface area contributed by atoms with Crippen molar-refractivity contribution < 1.29 is 14.4 Å². The molecule has 0 bridgehead atoms. The highest BCUT2D eigenvalue weighted by molar-refractivity contribution is 6.27. The summed E-state index contributed by atoms with van der Waals surface area (Å²) in [5, 5.41) is 7.81. The summed E-state index contributed by atoms with van der Waals surface area (Å²) in [5.74, 6) is -2.27. The molecule has 2 fully saturated rings. The van der Waals surface area contributed by atoms with Crippen molar-refractivity contribution in [1.29, 1.82) is 0 Å². The van der Waals surface area contributed by atoms with Gasteiger partial charge in [-0.1, -0.05) is 72.8 Å². The van der Waals surface area contributed by atoms with Gasteiger partial charge in [0.25, 0.3) is 0 Å². The topological polar surface area (TPSA) is 70.0 Å². The van der Waals surface area contributed by atoms with Crippen LogP contribution in [0.2, 0.25) is 0 Å². The van der Waals surface area contributed by atoms with Crippen molar-refractivity contribution in [2.45, 2.75) is 12.1 Å². The van der Waals surface area contributed by atoms with Crippen LogP contribution in [-0.4, -0.2) is 40.9 Å². The molecule has 6 heteroatoms. The van der Waals surface area contributed by atoms with Crippen LogP contribution in [0, 0.1) is 11.8 Å². The van der Waals surface area contributed by atoms with Crippen molar-refractivity contribution in [3.63, 3.8) is 0 Å². The Labute approximate surface area is 184 Å². The molecule has 0 spiro atoms. The van der Waals surface area contributed by atoms with Crippen LogP contribution >= 0.6 is 0 Å². The normalized spacial score (nSPS) is 26.0. The number of anilines is 1. The van der Waals surface area contributed by atoms with Gasteiger partial charge in [-0.2, -0.15) is 5.10 Å². The van der Waals surface area contributed by atoms with Crippen LogP contribution in [0.15, 0.2) is 90.0 Å². The maximum atomic E-state index is 13.8. The zero-order valence-electron chi connectivity index (χ0n) is 17.0. The average molecular weight is 421 g/mol. The highest BCUT2D eigenvalue weighted by Crippen LogP contribution is 2.47. The van der Waals surface area contributed by atoms with Gasteiger partial charge < -0.3 is 0 Å². The quantitative estimate of drug-likeness (QED) is 0.480. The molecule has 0 aliphatic carbocycles.